The van der Waals surface area contributed by atoms with Crippen LogP contribution in [0.4, 0.5) is 0 Å². The van der Waals surface area contributed by atoms with Gasteiger partial charge in [0.2, 0.25) is 0 Å². The van der Waals surface area contributed by atoms with Crippen molar-refractivity contribution in [3.8, 4) is 11.5 Å². The minimum absolute atomic E-state index is 0.194. The van der Waals surface area contributed by atoms with Crippen LogP contribution >= 0.6 is 11.6 Å². The first kappa shape index (κ1) is 12.6. The van der Waals surface area contributed by atoms with E-state index in [0.717, 1.165) is 5.56 Å². The summed E-state index contributed by atoms with van der Waals surface area (Å²) in [5.74, 6) is -0.103. The van der Waals surface area contributed by atoms with E-state index in [0.29, 0.717) is 22.1 Å². The molecule has 0 bridgehead atoms. The SMILES string of the molecule is COc1cc(C)c(Cl)c(CC(=O)O)c1OC. The van der Waals surface area contributed by atoms with E-state index in [9.17, 15) is 4.79 Å². The predicted octanol–water partition coefficient (Wildman–Crippen LogP) is 2.29. The largest absolute Gasteiger partial charge is 0.493 e. The van der Waals surface area contributed by atoms with Gasteiger partial charge in [-0.15, -0.1) is 0 Å². The molecule has 5 heteroatoms. The Morgan fingerprint density at radius 1 is 1.44 bits per heavy atom. The highest BCUT2D eigenvalue weighted by molar-refractivity contribution is 6.32. The lowest BCUT2D eigenvalue weighted by Crippen LogP contribution is -2.05. The standard InChI is InChI=1S/C11H13ClO4/c1-6-4-8(15-2)11(16-3)7(10(6)12)5-9(13)14/h4H,5H2,1-3H3,(H,13,14). The highest BCUT2D eigenvalue weighted by atomic mass is 35.5. The van der Waals surface area contributed by atoms with Crippen molar-refractivity contribution in [1.29, 1.82) is 0 Å². The van der Waals surface area contributed by atoms with Gasteiger partial charge in [0.25, 0.3) is 0 Å². The lowest BCUT2D eigenvalue weighted by atomic mass is 10.1. The molecule has 88 valence electrons. The van der Waals surface area contributed by atoms with E-state index in [-0.39, 0.29) is 6.42 Å². The summed E-state index contributed by atoms with van der Waals surface area (Å²) in [6, 6.07) is 1.71. The van der Waals surface area contributed by atoms with Gasteiger partial charge in [-0.25, -0.2) is 0 Å². The smallest absolute Gasteiger partial charge is 0.308 e. The number of ether oxygens (including phenoxy) is 2. The minimum atomic E-state index is -0.965. The fraction of sp³-hybridized carbons (Fsp3) is 0.364. The van der Waals surface area contributed by atoms with Crippen LogP contribution in [-0.4, -0.2) is 25.3 Å². The number of halogens is 1. The Morgan fingerprint density at radius 2 is 2.06 bits per heavy atom. The third-order valence-corrected chi connectivity index (χ3v) is 2.73. The number of benzene rings is 1. The van der Waals surface area contributed by atoms with E-state index >= 15 is 0 Å². The van der Waals surface area contributed by atoms with Crippen molar-refractivity contribution in [2.24, 2.45) is 0 Å². The zero-order valence-corrected chi connectivity index (χ0v) is 10.1. The van der Waals surface area contributed by atoms with Gasteiger partial charge in [0.15, 0.2) is 11.5 Å². The first-order chi connectivity index (χ1) is 7.51. The molecule has 16 heavy (non-hydrogen) atoms. The van der Waals surface area contributed by atoms with E-state index < -0.39 is 5.97 Å². The molecular weight excluding hydrogens is 232 g/mol. The predicted molar refractivity (Wildman–Crippen MR) is 60.6 cm³/mol. The van der Waals surface area contributed by atoms with Gasteiger partial charge in [0.1, 0.15) is 0 Å². The van der Waals surface area contributed by atoms with E-state index in [1.165, 1.54) is 14.2 Å². The number of methoxy groups -OCH3 is 2. The van der Waals surface area contributed by atoms with E-state index in [1.54, 1.807) is 13.0 Å². The number of aryl methyl sites for hydroxylation is 1. The van der Waals surface area contributed by atoms with Crippen molar-refractivity contribution >= 4 is 17.6 Å². The molecule has 0 heterocycles. The maximum absolute atomic E-state index is 10.7. The third-order valence-electron chi connectivity index (χ3n) is 2.21. The van der Waals surface area contributed by atoms with Gasteiger partial charge in [0, 0.05) is 5.56 Å². The van der Waals surface area contributed by atoms with Crippen LogP contribution in [0.15, 0.2) is 6.07 Å². The maximum Gasteiger partial charge on any atom is 0.308 e. The molecule has 0 aliphatic heterocycles. The number of rotatable bonds is 4. The van der Waals surface area contributed by atoms with Crippen LogP contribution in [0.25, 0.3) is 0 Å². The Balaban J connectivity index is 3.40. The van der Waals surface area contributed by atoms with Crippen molar-refractivity contribution in [3.05, 3.63) is 22.2 Å². The number of hydrogen-bond acceptors (Lipinski definition) is 3. The summed E-state index contributed by atoms with van der Waals surface area (Å²) in [5, 5.41) is 9.21. The lowest BCUT2D eigenvalue weighted by Gasteiger charge is -2.15. The second kappa shape index (κ2) is 5.07. The molecule has 1 aromatic rings. The number of carbonyl (C=O) groups is 1. The zero-order chi connectivity index (χ0) is 12.3. The van der Waals surface area contributed by atoms with Gasteiger partial charge in [-0.1, -0.05) is 11.6 Å². The average molecular weight is 245 g/mol. The highest BCUT2D eigenvalue weighted by Crippen LogP contribution is 2.38. The minimum Gasteiger partial charge on any atom is -0.493 e. The molecule has 1 rings (SSSR count). The molecule has 0 aliphatic carbocycles. The molecular formula is C11H13ClO4. The van der Waals surface area contributed by atoms with Crippen molar-refractivity contribution in [2.75, 3.05) is 14.2 Å². The molecule has 0 fully saturated rings. The molecule has 0 atom stereocenters. The van der Waals surface area contributed by atoms with Crippen LogP contribution in [0.3, 0.4) is 0 Å². The molecule has 0 aliphatic rings. The Bertz CT molecular complexity index is 415. The molecule has 0 saturated heterocycles. The van der Waals surface area contributed by atoms with Crippen LogP contribution in [0.5, 0.6) is 11.5 Å². The topological polar surface area (TPSA) is 55.8 Å². The second-order valence-corrected chi connectivity index (χ2v) is 3.67. The number of hydrogen-bond donors (Lipinski definition) is 1. The summed E-state index contributed by atoms with van der Waals surface area (Å²) in [6.07, 6.45) is -0.194. The van der Waals surface area contributed by atoms with Crippen LogP contribution < -0.4 is 9.47 Å². The summed E-state index contributed by atoms with van der Waals surface area (Å²) in [6.45, 7) is 1.79. The van der Waals surface area contributed by atoms with Crippen LogP contribution in [0.2, 0.25) is 5.02 Å². The summed E-state index contributed by atoms with van der Waals surface area (Å²) < 4.78 is 10.2. The molecule has 0 spiro atoms. The Labute approximate surface area is 98.7 Å². The second-order valence-electron chi connectivity index (χ2n) is 3.29. The highest BCUT2D eigenvalue weighted by Gasteiger charge is 2.18. The van der Waals surface area contributed by atoms with Crippen molar-refractivity contribution in [1.82, 2.24) is 0 Å². The summed E-state index contributed by atoms with van der Waals surface area (Å²) in [7, 11) is 2.95. The molecule has 0 radical (unpaired) electrons. The van der Waals surface area contributed by atoms with Gasteiger partial charge < -0.3 is 14.6 Å². The van der Waals surface area contributed by atoms with Crippen LogP contribution in [0, 0.1) is 6.92 Å². The fourth-order valence-electron chi connectivity index (χ4n) is 1.50. The molecule has 0 unspecified atom stereocenters. The van der Waals surface area contributed by atoms with Crippen molar-refractivity contribution in [3.63, 3.8) is 0 Å². The van der Waals surface area contributed by atoms with Gasteiger partial charge >= 0.3 is 5.97 Å². The Hall–Kier alpha value is -1.42. The van der Waals surface area contributed by atoms with Gasteiger partial charge in [-0.05, 0) is 18.6 Å². The van der Waals surface area contributed by atoms with Crippen molar-refractivity contribution < 1.29 is 19.4 Å². The van der Waals surface area contributed by atoms with Gasteiger partial charge in [-0.3, -0.25) is 4.79 Å². The number of carboxylic acid groups (broad SMARTS) is 1. The molecule has 0 saturated carbocycles. The fourth-order valence-corrected chi connectivity index (χ4v) is 1.70. The average Bonchev–Trinajstić information content (AvgIpc) is 2.23. The normalized spacial score (nSPS) is 10.0. The number of aliphatic carboxylic acids is 1. The van der Waals surface area contributed by atoms with Crippen molar-refractivity contribution in [2.45, 2.75) is 13.3 Å². The molecule has 0 aromatic heterocycles. The summed E-state index contributed by atoms with van der Waals surface area (Å²) in [5.41, 5.74) is 1.20. The molecule has 1 aromatic carbocycles. The van der Waals surface area contributed by atoms with Crippen LogP contribution in [0.1, 0.15) is 11.1 Å². The lowest BCUT2D eigenvalue weighted by molar-refractivity contribution is -0.136. The maximum atomic E-state index is 10.7. The van der Waals surface area contributed by atoms with E-state index in [1.807, 2.05) is 0 Å². The van der Waals surface area contributed by atoms with Gasteiger partial charge in [-0.2, -0.15) is 0 Å². The quantitative estimate of drug-likeness (QED) is 0.883. The third kappa shape index (κ3) is 2.39. The first-order valence-corrected chi connectivity index (χ1v) is 5.00. The summed E-state index contributed by atoms with van der Waals surface area (Å²) in [4.78, 5) is 10.7. The molecule has 4 nitrogen and oxygen atoms in total. The summed E-state index contributed by atoms with van der Waals surface area (Å²) >= 11 is 6.05. The monoisotopic (exact) mass is 244 g/mol. The first-order valence-electron chi connectivity index (χ1n) is 4.63. The van der Waals surface area contributed by atoms with Gasteiger partial charge in [0.05, 0.1) is 25.7 Å². The Kier molecular flexibility index (Phi) is 4.01. The van der Waals surface area contributed by atoms with E-state index in [2.05, 4.69) is 0 Å². The molecule has 0 amide bonds. The van der Waals surface area contributed by atoms with Crippen LogP contribution in [-0.2, 0) is 11.2 Å². The Morgan fingerprint density at radius 3 is 2.50 bits per heavy atom. The number of carboxylic acids is 1. The zero-order valence-electron chi connectivity index (χ0n) is 9.33. The van der Waals surface area contributed by atoms with E-state index in [4.69, 9.17) is 26.2 Å². The molecule has 1 N–H and O–H groups in total.